The van der Waals surface area contributed by atoms with Gasteiger partial charge in [-0.05, 0) is 68.8 Å². The lowest BCUT2D eigenvalue weighted by atomic mass is 9.54. The predicted octanol–water partition coefficient (Wildman–Crippen LogP) is 4.01. The summed E-state index contributed by atoms with van der Waals surface area (Å²) >= 11 is 0. The van der Waals surface area contributed by atoms with Crippen LogP contribution in [0.15, 0.2) is 18.2 Å². The van der Waals surface area contributed by atoms with Crippen LogP contribution in [-0.2, 0) is 0 Å². The molecule has 4 saturated carbocycles. The smallest absolute Gasteiger partial charge is 0.126 e. The number of aromatic hydroxyl groups is 1. The van der Waals surface area contributed by atoms with Gasteiger partial charge in [0.1, 0.15) is 11.6 Å². The minimum atomic E-state index is -0.377. The first-order valence-electron chi connectivity index (χ1n) is 8.34. The zero-order valence-electron chi connectivity index (χ0n) is 12.6. The second-order valence-corrected chi connectivity index (χ2v) is 7.55. The summed E-state index contributed by atoms with van der Waals surface area (Å²) in [6, 6.07) is 5.01. The SMILES string of the molecule is CC(NC1C2CC3CC(C2)CC1C3)c1ccc(F)cc1O. The highest BCUT2D eigenvalue weighted by Gasteiger charge is 2.48. The molecule has 0 radical (unpaired) electrons. The Bertz CT molecular complexity index is 516. The summed E-state index contributed by atoms with van der Waals surface area (Å²) in [5, 5.41) is 13.7. The highest BCUT2D eigenvalue weighted by Crippen LogP contribution is 2.54. The summed E-state index contributed by atoms with van der Waals surface area (Å²) in [5.41, 5.74) is 0.810. The third-order valence-electron chi connectivity index (χ3n) is 6.13. The lowest BCUT2D eigenvalue weighted by Gasteiger charge is -2.55. The fourth-order valence-electron chi connectivity index (χ4n) is 5.46. The van der Waals surface area contributed by atoms with Gasteiger partial charge in [0.15, 0.2) is 0 Å². The Labute approximate surface area is 125 Å². The molecule has 4 aliphatic carbocycles. The Balaban J connectivity index is 1.50. The molecule has 1 atom stereocenters. The number of rotatable bonds is 3. The Morgan fingerprint density at radius 3 is 2.29 bits per heavy atom. The van der Waals surface area contributed by atoms with Crippen molar-refractivity contribution in [2.75, 3.05) is 0 Å². The van der Waals surface area contributed by atoms with Crippen molar-refractivity contribution in [1.29, 1.82) is 0 Å². The van der Waals surface area contributed by atoms with Crippen LogP contribution in [0, 0.1) is 29.5 Å². The highest BCUT2D eigenvalue weighted by molar-refractivity contribution is 5.35. The summed E-state index contributed by atoms with van der Waals surface area (Å²) in [4.78, 5) is 0. The van der Waals surface area contributed by atoms with E-state index in [2.05, 4.69) is 12.2 Å². The number of phenolic OH excluding ortho intramolecular Hbond substituents is 1. The summed E-state index contributed by atoms with van der Waals surface area (Å²) in [6.45, 7) is 2.08. The molecule has 1 aromatic rings. The number of benzene rings is 1. The van der Waals surface area contributed by atoms with Gasteiger partial charge >= 0.3 is 0 Å². The molecule has 4 aliphatic rings. The van der Waals surface area contributed by atoms with Crippen LogP contribution >= 0.6 is 0 Å². The van der Waals surface area contributed by atoms with Gasteiger partial charge in [-0.25, -0.2) is 4.39 Å². The fraction of sp³-hybridized carbons (Fsp3) is 0.667. The van der Waals surface area contributed by atoms with E-state index >= 15 is 0 Å². The molecular formula is C18H24FNO. The summed E-state index contributed by atoms with van der Waals surface area (Å²) in [6.07, 6.45) is 6.99. The van der Waals surface area contributed by atoms with Gasteiger partial charge in [-0.2, -0.15) is 0 Å². The van der Waals surface area contributed by atoms with Crippen LogP contribution in [0.1, 0.15) is 50.6 Å². The standard InChI is InChI=1S/C18H24FNO/c1-10(16-3-2-15(19)9-17(16)21)20-18-13-5-11-4-12(7-13)8-14(18)6-11/h2-3,9-14,18,20-21H,4-8H2,1H3. The Morgan fingerprint density at radius 1 is 1.10 bits per heavy atom. The van der Waals surface area contributed by atoms with Gasteiger partial charge in [0, 0.05) is 23.7 Å². The molecule has 114 valence electrons. The van der Waals surface area contributed by atoms with E-state index in [4.69, 9.17) is 0 Å². The van der Waals surface area contributed by atoms with E-state index in [1.807, 2.05) is 0 Å². The van der Waals surface area contributed by atoms with Crippen LogP contribution in [0.3, 0.4) is 0 Å². The second kappa shape index (κ2) is 4.98. The average Bonchev–Trinajstić information content (AvgIpc) is 2.41. The van der Waals surface area contributed by atoms with E-state index in [9.17, 15) is 9.50 Å². The lowest BCUT2D eigenvalue weighted by Crippen LogP contribution is -2.54. The van der Waals surface area contributed by atoms with Gasteiger partial charge in [0.2, 0.25) is 0 Å². The van der Waals surface area contributed by atoms with Gasteiger partial charge in [-0.3, -0.25) is 0 Å². The number of nitrogens with one attached hydrogen (secondary N) is 1. The van der Waals surface area contributed by atoms with Crippen LogP contribution in [0.4, 0.5) is 4.39 Å². The Hall–Kier alpha value is -1.09. The number of hydrogen-bond donors (Lipinski definition) is 2. The van der Waals surface area contributed by atoms with Crippen molar-refractivity contribution in [3.63, 3.8) is 0 Å². The molecule has 2 nitrogen and oxygen atoms in total. The van der Waals surface area contributed by atoms with E-state index < -0.39 is 0 Å². The van der Waals surface area contributed by atoms with E-state index in [1.165, 1.54) is 44.2 Å². The maximum Gasteiger partial charge on any atom is 0.126 e. The molecule has 0 aromatic heterocycles. The molecule has 0 spiro atoms. The molecule has 2 N–H and O–H groups in total. The highest BCUT2D eigenvalue weighted by atomic mass is 19.1. The van der Waals surface area contributed by atoms with Gasteiger partial charge in [-0.1, -0.05) is 6.07 Å². The average molecular weight is 289 g/mol. The summed E-state index contributed by atoms with van der Waals surface area (Å²) < 4.78 is 13.1. The molecule has 1 aromatic carbocycles. The molecule has 0 heterocycles. The lowest BCUT2D eigenvalue weighted by molar-refractivity contribution is -0.0171. The maximum absolute atomic E-state index is 13.1. The number of halogens is 1. The zero-order chi connectivity index (χ0) is 14.6. The van der Waals surface area contributed by atoms with Crippen molar-refractivity contribution in [2.45, 2.75) is 51.1 Å². The molecule has 0 amide bonds. The Morgan fingerprint density at radius 2 is 1.71 bits per heavy atom. The molecule has 0 saturated heterocycles. The van der Waals surface area contributed by atoms with E-state index in [1.54, 1.807) is 6.07 Å². The van der Waals surface area contributed by atoms with Crippen molar-refractivity contribution < 1.29 is 9.50 Å². The minimum Gasteiger partial charge on any atom is -0.508 e. The quantitative estimate of drug-likeness (QED) is 0.881. The Kier molecular flexibility index (Phi) is 3.21. The van der Waals surface area contributed by atoms with Gasteiger partial charge < -0.3 is 10.4 Å². The molecule has 21 heavy (non-hydrogen) atoms. The molecule has 5 rings (SSSR count). The van der Waals surface area contributed by atoms with E-state index in [-0.39, 0.29) is 17.6 Å². The first-order valence-corrected chi connectivity index (χ1v) is 8.34. The third kappa shape index (κ3) is 2.36. The maximum atomic E-state index is 13.1. The van der Waals surface area contributed by atoms with E-state index in [0.29, 0.717) is 6.04 Å². The first kappa shape index (κ1) is 13.6. The van der Waals surface area contributed by atoms with Crippen molar-refractivity contribution in [1.82, 2.24) is 5.32 Å². The summed E-state index contributed by atoms with van der Waals surface area (Å²) in [7, 11) is 0. The molecule has 3 heteroatoms. The molecule has 0 aliphatic heterocycles. The molecule has 4 bridgehead atoms. The zero-order valence-corrected chi connectivity index (χ0v) is 12.6. The van der Waals surface area contributed by atoms with Crippen molar-refractivity contribution in [2.24, 2.45) is 23.7 Å². The third-order valence-corrected chi connectivity index (χ3v) is 6.13. The van der Waals surface area contributed by atoms with Crippen molar-refractivity contribution >= 4 is 0 Å². The van der Waals surface area contributed by atoms with Crippen LogP contribution in [0.5, 0.6) is 5.75 Å². The topological polar surface area (TPSA) is 32.3 Å². The summed E-state index contributed by atoms with van der Waals surface area (Å²) in [5.74, 6) is 3.26. The number of hydrogen-bond acceptors (Lipinski definition) is 2. The van der Waals surface area contributed by atoms with Gasteiger partial charge in [0.25, 0.3) is 0 Å². The minimum absolute atomic E-state index is 0.0683. The molecular weight excluding hydrogens is 265 g/mol. The van der Waals surface area contributed by atoms with Crippen LogP contribution in [0.25, 0.3) is 0 Å². The second-order valence-electron chi connectivity index (χ2n) is 7.55. The fourth-order valence-corrected chi connectivity index (χ4v) is 5.46. The predicted molar refractivity (Wildman–Crippen MR) is 80.4 cm³/mol. The van der Waals surface area contributed by atoms with Crippen LogP contribution in [0.2, 0.25) is 0 Å². The van der Waals surface area contributed by atoms with Crippen molar-refractivity contribution in [3.05, 3.63) is 29.6 Å². The van der Waals surface area contributed by atoms with Gasteiger partial charge in [0.05, 0.1) is 0 Å². The molecule has 1 unspecified atom stereocenters. The van der Waals surface area contributed by atoms with Gasteiger partial charge in [-0.15, -0.1) is 0 Å². The largest absolute Gasteiger partial charge is 0.508 e. The monoisotopic (exact) mass is 289 g/mol. The normalized spacial score (nSPS) is 38.7. The van der Waals surface area contributed by atoms with E-state index in [0.717, 1.165) is 29.2 Å². The van der Waals surface area contributed by atoms with Crippen molar-refractivity contribution in [3.8, 4) is 5.75 Å². The number of phenols is 1. The first-order chi connectivity index (χ1) is 10.1. The molecule has 4 fully saturated rings. The van der Waals surface area contributed by atoms with Crippen LogP contribution in [-0.4, -0.2) is 11.1 Å². The van der Waals surface area contributed by atoms with Crippen LogP contribution < -0.4 is 5.32 Å².